The van der Waals surface area contributed by atoms with Gasteiger partial charge in [0.2, 0.25) is 0 Å². The van der Waals surface area contributed by atoms with Gasteiger partial charge in [0.25, 0.3) is 5.91 Å². The van der Waals surface area contributed by atoms with E-state index in [2.05, 4.69) is 27.2 Å². The monoisotopic (exact) mass is 303 g/mol. The molecule has 112 valence electrons. The molecule has 3 rings (SSSR count). The lowest BCUT2D eigenvalue weighted by atomic mass is 9.94. The molecule has 2 aromatic heterocycles. The van der Waals surface area contributed by atoms with E-state index in [-0.39, 0.29) is 5.91 Å². The molecule has 0 saturated carbocycles. The van der Waals surface area contributed by atoms with E-state index in [0.29, 0.717) is 12.6 Å². The van der Waals surface area contributed by atoms with Crippen molar-refractivity contribution in [2.45, 2.75) is 45.1 Å². The fourth-order valence-corrected chi connectivity index (χ4v) is 3.94. The minimum atomic E-state index is 0.0981. The smallest absolute Gasteiger partial charge is 0.261 e. The number of hydrogen-bond donors (Lipinski definition) is 1. The van der Waals surface area contributed by atoms with Gasteiger partial charge in [-0.1, -0.05) is 0 Å². The number of fused-ring (bicyclic) bond motifs is 1. The molecule has 1 aliphatic rings. The van der Waals surface area contributed by atoms with Crippen LogP contribution in [-0.2, 0) is 12.8 Å². The van der Waals surface area contributed by atoms with Crippen molar-refractivity contribution in [2.75, 3.05) is 6.54 Å². The Morgan fingerprint density at radius 2 is 2.33 bits per heavy atom. The maximum absolute atomic E-state index is 12.3. The van der Waals surface area contributed by atoms with Gasteiger partial charge in [0.05, 0.1) is 11.2 Å². The van der Waals surface area contributed by atoms with Crippen LogP contribution in [0.15, 0.2) is 24.1 Å². The Hall–Kier alpha value is -1.62. The van der Waals surface area contributed by atoms with E-state index < -0.39 is 0 Å². The van der Waals surface area contributed by atoms with Crippen molar-refractivity contribution in [3.63, 3.8) is 0 Å². The number of carbonyl (C=O) groups is 1. The fraction of sp³-hybridized carbons (Fsp3) is 0.500. The Kier molecular flexibility index (Phi) is 4.39. The molecule has 0 bridgehead atoms. The molecule has 0 aromatic carbocycles. The van der Waals surface area contributed by atoms with Crippen LogP contribution in [0.2, 0.25) is 0 Å². The topological polar surface area (TPSA) is 46.9 Å². The molecule has 1 amide bonds. The van der Waals surface area contributed by atoms with Crippen molar-refractivity contribution >= 4 is 17.2 Å². The van der Waals surface area contributed by atoms with E-state index >= 15 is 0 Å². The van der Waals surface area contributed by atoms with Crippen LogP contribution in [0.25, 0.3) is 0 Å². The van der Waals surface area contributed by atoms with Gasteiger partial charge >= 0.3 is 0 Å². The first-order valence-corrected chi connectivity index (χ1v) is 8.48. The molecule has 2 aromatic rings. The minimum Gasteiger partial charge on any atom is -0.351 e. The van der Waals surface area contributed by atoms with Crippen LogP contribution in [0.3, 0.4) is 0 Å². The Morgan fingerprint density at radius 3 is 3.14 bits per heavy atom. The maximum Gasteiger partial charge on any atom is 0.261 e. The van der Waals surface area contributed by atoms with Crippen LogP contribution in [0, 0.1) is 0 Å². The summed E-state index contributed by atoms with van der Waals surface area (Å²) < 4.78 is 2.07. The fourth-order valence-electron chi connectivity index (χ4n) is 2.86. The van der Waals surface area contributed by atoms with Gasteiger partial charge in [0, 0.05) is 25.0 Å². The van der Waals surface area contributed by atoms with E-state index in [1.54, 1.807) is 17.5 Å². The summed E-state index contributed by atoms with van der Waals surface area (Å²) in [5.41, 5.74) is 2.69. The van der Waals surface area contributed by atoms with E-state index in [9.17, 15) is 4.79 Å². The van der Waals surface area contributed by atoms with Crippen LogP contribution in [0.1, 0.15) is 53.0 Å². The Labute approximate surface area is 129 Å². The standard InChI is InChI=1S/C16H21N3OS/c1-12(19-9-8-17-11-19)6-7-18-16(20)15-14-5-3-2-4-13(14)10-21-15/h8-12H,2-7H2,1H3,(H,18,20)/t12-/m1/s1. The van der Waals surface area contributed by atoms with Gasteiger partial charge in [-0.3, -0.25) is 4.79 Å². The molecule has 5 heteroatoms. The predicted molar refractivity (Wildman–Crippen MR) is 84.8 cm³/mol. The molecular weight excluding hydrogens is 282 g/mol. The molecule has 1 aliphatic carbocycles. The zero-order chi connectivity index (χ0) is 14.7. The number of aromatic nitrogens is 2. The molecule has 1 atom stereocenters. The van der Waals surface area contributed by atoms with Gasteiger partial charge in [-0.05, 0) is 55.5 Å². The van der Waals surface area contributed by atoms with Gasteiger partial charge in [-0.25, -0.2) is 4.98 Å². The first-order chi connectivity index (χ1) is 10.3. The summed E-state index contributed by atoms with van der Waals surface area (Å²) in [5, 5.41) is 5.23. The van der Waals surface area contributed by atoms with Crippen LogP contribution in [-0.4, -0.2) is 22.0 Å². The molecule has 4 nitrogen and oxygen atoms in total. The van der Waals surface area contributed by atoms with Crippen molar-refractivity contribution in [1.29, 1.82) is 0 Å². The second-order valence-corrected chi connectivity index (χ2v) is 6.56. The lowest BCUT2D eigenvalue weighted by molar-refractivity contribution is 0.0955. The number of thiophene rings is 1. The predicted octanol–water partition coefficient (Wildman–Crippen LogP) is 3.20. The molecule has 0 saturated heterocycles. The number of amides is 1. The quantitative estimate of drug-likeness (QED) is 0.922. The van der Waals surface area contributed by atoms with Crippen LogP contribution in [0.4, 0.5) is 0 Å². The van der Waals surface area contributed by atoms with Gasteiger partial charge in [-0.2, -0.15) is 0 Å². The molecule has 0 radical (unpaired) electrons. The molecule has 1 N–H and O–H groups in total. The Morgan fingerprint density at radius 1 is 1.48 bits per heavy atom. The highest BCUT2D eigenvalue weighted by atomic mass is 32.1. The van der Waals surface area contributed by atoms with Crippen molar-refractivity contribution < 1.29 is 4.79 Å². The highest BCUT2D eigenvalue weighted by Crippen LogP contribution is 2.29. The van der Waals surface area contributed by atoms with E-state index in [1.165, 1.54) is 24.0 Å². The molecule has 21 heavy (non-hydrogen) atoms. The summed E-state index contributed by atoms with van der Waals surface area (Å²) in [4.78, 5) is 17.3. The second kappa shape index (κ2) is 6.43. The maximum atomic E-state index is 12.3. The van der Waals surface area contributed by atoms with Crippen LogP contribution < -0.4 is 5.32 Å². The largest absolute Gasteiger partial charge is 0.351 e. The number of imidazole rings is 1. The van der Waals surface area contributed by atoms with Gasteiger partial charge in [0.15, 0.2) is 0 Å². The number of nitrogens with zero attached hydrogens (tertiary/aromatic N) is 2. The minimum absolute atomic E-state index is 0.0981. The second-order valence-electron chi connectivity index (χ2n) is 5.68. The zero-order valence-corrected chi connectivity index (χ0v) is 13.2. The lowest BCUT2D eigenvalue weighted by Gasteiger charge is -2.14. The summed E-state index contributed by atoms with van der Waals surface area (Å²) >= 11 is 1.60. The molecule has 0 unspecified atom stereocenters. The normalized spacial score (nSPS) is 15.5. The van der Waals surface area contributed by atoms with E-state index in [1.807, 2.05) is 12.5 Å². The van der Waals surface area contributed by atoms with E-state index in [4.69, 9.17) is 0 Å². The van der Waals surface area contributed by atoms with Crippen molar-refractivity contribution in [3.8, 4) is 0 Å². The third kappa shape index (κ3) is 3.18. The van der Waals surface area contributed by atoms with Gasteiger partial charge in [-0.15, -0.1) is 11.3 Å². The average Bonchev–Trinajstić information content (AvgIpc) is 3.16. The highest BCUT2D eigenvalue weighted by molar-refractivity contribution is 7.12. The summed E-state index contributed by atoms with van der Waals surface area (Å²) in [6, 6.07) is 0.352. The molecule has 0 aliphatic heterocycles. The summed E-state index contributed by atoms with van der Waals surface area (Å²) in [6.45, 7) is 2.84. The molecule has 0 spiro atoms. The zero-order valence-electron chi connectivity index (χ0n) is 12.3. The number of nitrogens with one attached hydrogen (secondary N) is 1. The summed E-state index contributed by atoms with van der Waals surface area (Å²) in [5.74, 6) is 0.0981. The van der Waals surface area contributed by atoms with E-state index in [0.717, 1.165) is 24.1 Å². The molecular formula is C16H21N3OS. The third-order valence-corrected chi connectivity index (χ3v) is 5.26. The van der Waals surface area contributed by atoms with Gasteiger partial charge in [0.1, 0.15) is 0 Å². The van der Waals surface area contributed by atoms with Crippen molar-refractivity contribution in [2.24, 2.45) is 0 Å². The highest BCUT2D eigenvalue weighted by Gasteiger charge is 2.20. The number of carbonyl (C=O) groups excluding carboxylic acids is 1. The number of aryl methyl sites for hydroxylation is 1. The SMILES string of the molecule is C[C@H](CCNC(=O)c1scc2c1CCCC2)n1ccnc1. The van der Waals surface area contributed by atoms with Crippen molar-refractivity contribution in [3.05, 3.63) is 40.1 Å². The Bertz CT molecular complexity index is 603. The molecule has 0 fully saturated rings. The lowest BCUT2D eigenvalue weighted by Crippen LogP contribution is -2.26. The third-order valence-electron chi connectivity index (χ3n) is 4.19. The number of rotatable bonds is 5. The van der Waals surface area contributed by atoms with Gasteiger partial charge < -0.3 is 9.88 Å². The summed E-state index contributed by atoms with van der Waals surface area (Å²) in [7, 11) is 0. The molecule has 2 heterocycles. The first kappa shape index (κ1) is 14.3. The van der Waals surface area contributed by atoms with Crippen LogP contribution in [0.5, 0.6) is 0 Å². The summed E-state index contributed by atoms with van der Waals surface area (Å²) in [6.07, 6.45) is 11.1. The number of hydrogen-bond acceptors (Lipinski definition) is 3. The Balaban J connectivity index is 1.54. The van der Waals surface area contributed by atoms with Crippen LogP contribution >= 0.6 is 11.3 Å². The van der Waals surface area contributed by atoms with Crippen molar-refractivity contribution in [1.82, 2.24) is 14.9 Å². The first-order valence-electron chi connectivity index (χ1n) is 7.60. The average molecular weight is 303 g/mol.